The summed E-state index contributed by atoms with van der Waals surface area (Å²) < 4.78 is 0. The van der Waals surface area contributed by atoms with Gasteiger partial charge in [0.05, 0.1) is 18.7 Å². The Morgan fingerprint density at radius 3 is 2.46 bits per heavy atom. The highest BCUT2D eigenvalue weighted by Gasteiger charge is 2.42. The molecule has 76 valence electrons. The van der Waals surface area contributed by atoms with Crippen LogP contribution in [0.25, 0.3) is 0 Å². The van der Waals surface area contributed by atoms with Gasteiger partial charge in [0.2, 0.25) is 5.91 Å². The molecule has 0 aliphatic carbocycles. The third kappa shape index (κ3) is 2.21. The monoisotopic (exact) mass is 185 g/mol. The molecule has 1 rings (SSSR count). The summed E-state index contributed by atoms with van der Waals surface area (Å²) in [6.45, 7) is 6.87. The minimum Gasteiger partial charge on any atom is -0.386 e. The molecule has 1 saturated heterocycles. The molecule has 0 aromatic carbocycles. The molecule has 1 amide bonds. The first-order chi connectivity index (χ1) is 5.98. The fourth-order valence-electron chi connectivity index (χ4n) is 1.81. The van der Waals surface area contributed by atoms with E-state index in [9.17, 15) is 9.90 Å². The summed E-state index contributed by atoms with van der Waals surface area (Å²) in [6, 6.07) is 0. The van der Waals surface area contributed by atoms with Gasteiger partial charge in [0.1, 0.15) is 0 Å². The van der Waals surface area contributed by atoms with Gasteiger partial charge in [0.15, 0.2) is 0 Å². The molecule has 0 spiro atoms. The van der Waals surface area contributed by atoms with E-state index in [-0.39, 0.29) is 11.8 Å². The van der Waals surface area contributed by atoms with Crippen LogP contribution in [0.2, 0.25) is 0 Å². The van der Waals surface area contributed by atoms with Crippen molar-refractivity contribution in [2.24, 2.45) is 5.92 Å². The predicted molar refractivity (Wildman–Crippen MR) is 51.3 cm³/mol. The number of aliphatic hydroxyl groups is 1. The molecule has 0 radical (unpaired) electrons. The zero-order chi connectivity index (χ0) is 10.1. The Morgan fingerprint density at radius 2 is 2.08 bits per heavy atom. The number of β-amino-alcohol motifs (C(OH)–C–C–N with tert-alkyl or cyclic N) is 1. The molecule has 0 atom stereocenters. The second-order valence-corrected chi connectivity index (χ2v) is 4.32. The number of hydrogen-bond acceptors (Lipinski definition) is 2. The van der Waals surface area contributed by atoms with Gasteiger partial charge in [-0.3, -0.25) is 4.79 Å². The van der Waals surface area contributed by atoms with Crippen molar-refractivity contribution in [2.75, 3.05) is 13.1 Å². The molecule has 0 aromatic rings. The fourth-order valence-corrected chi connectivity index (χ4v) is 1.81. The molecule has 1 aliphatic heterocycles. The van der Waals surface area contributed by atoms with Crippen LogP contribution in [0.1, 0.15) is 33.6 Å². The van der Waals surface area contributed by atoms with Gasteiger partial charge in [-0.25, -0.2) is 0 Å². The highest BCUT2D eigenvalue weighted by molar-refractivity contribution is 5.79. The zero-order valence-corrected chi connectivity index (χ0v) is 8.71. The largest absolute Gasteiger partial charge is 0.386 e. The summed E-state index contributed by atoms with van der Waals surface area (Å²) in [6.07, 6.45) is 1.77. The molecule has 0 bridgehead atoms. The van der Waals surface area contributed by atoms with Gasteiger partial charge in [-0.1, -0.05) is 27.2 Å². The molecule has 0 saturated carbocycles. The summed E-state index contributed by atoms with van der Waals surface area (Å²) in [5.74, 6) is 0.201. The Balaban J connectivity index is 2.36. The van der Waals surface area contributed by atoms with E-state index in [0.29, 0.717) is 13.1 Å². The number of rotatable bonds is 3. The van der Waals surface area contributed by atoms with Crippen LogP contribution in [-0.4, -0.2) is 34.6 Å². The van der Waals surface area contributed by atoms with E-state index >= 15 is 0 Å². The normalized spacial score (nSPS) is 20.2. The second kappa shape index (κ2) is 3.66. The van der Waals surface area contributed by atoms with E-state index < -0.39 is 5.60 Å². The number of amides is 1. The summed E-state index contributed by atoms with van der Waals surface area (Å²) in [4.78, 5) is 13.2. The standard InChI is InChI=1S/C10H19NO2/c1-4-5-10(13)6-11(7-10)9(12)8(2)3/h8,13H,4-7H2,1-3H3. The maximum absolute atomic E-state index is 11.4. The number of carbonyl (C=O) groups excluding carboxylic acids is 1. The second-order valence-electron chi connectivity index (χ2n) is 4.32. The Labute approximate surface area is 79.7 Å². The van der Waals surface area contributed by atoms with Crippen molar-refractivity contribution in [1.29, 1.82) is 0 Å². The first kappa shape index (κ1) is 10.5. The molecule has 0 unspecified atom stereocenters. The minimum atomic E-state index is -0.584. The maximum Gasteiger partial charge on any atom is 0.225 e. The van der Waals surface area contributed by atoms with E-state index in [2.05, 4.69) is 0 Å². The Bertz CT molecular complexity index is 195. The van der Waals surface area contributed by atoms with Crippen molar-refractivity contribution in [1.82, 2.24) is 4.90 Å². The number of nitrogens with zero attached hydrogens (tertiary/aromatic N) is 1. The molecule has 1 heterocycles. The lowest BCUT2D eigenvalue weighted by Gasteiger charge is -2.47. The molecule has 3 heteroatoms. The smallest absolute Gasteiger partial charge is 0.225 e. The van der Waals surface area contributed by atoms with Gasteiger partial charge < -0.3 is 10.0 Å². The summed E-state index contributed by atoms with van der Waals surface area (Å²) in [7, 11) is 0. The Hall–Kier alpha value is -0.570. The molecule has 3 nitrogen and oxygen atoms in total. The Morgan fingerprint density at radius 1 is 1.54 bits per heavy atom. The van der Waals surface area contributed by atoms with E-state index in [4.69, 9.17) is 0 Å². The molecule has 1 aliphatic rings. The molecule has 0 aromatic heterocycles. The van der Waals surface area contributed by atoms with E-state index in [1.807, 2.05) is 20.8 Å². The first-order valence-corrected chi connectivity index (χ1v) is 4.99. The predicted octanol–water partition coefficient (Wildman–Crippen LogP) is 1.02. The Kier molecular flexibility index (Phi) is 2.96. The molecule has 1 N–H and O–H groups in total. The van der Waals surface area contributed by atoms with Gasteiger partial charge in [-0.2, -0.15) is 0 Å². The molecular weight excluding hydrogens is 166 g/mol. The van der Waals surface area contributed by atoms with Crippen molar-refractivity contribution in [3.8, 4) is 0 Å². The van der Waals surface area contributed by atoms with Gasteiger partial charge in [0.25, 0.3) is 0 Å². The van der Waals surface area contributed by atoms with Gasteiger partial charge >= 0.3 is 0 Å². The van der Waals surface area contributed by atoms with Crippen LogP contribution in [0.15, 0.2) is 0 Å². The third-order valence-corrected chi connectivity index (χ3v) is 2.49. The highest BCUT2D eigenvalue weighted by Crippen LogP contribution is 2.26. The quantitative estimate of drug-likeness (QED) is 0.713. The summed E-state index contributed by atoms with van der Waals surface area (Å²) in [5.41, 5.74) is -0.584. The fraction of sp³-hybridized carbons (Fsp3) is 0.900. The van der Waals surface area contributed by atoms with E-state index in [0.717, 1.165) is 12.8 Å². The van der Waals surface area contributed by atoms with Crippen LogP contribution in [0, 0.1) is 5.92 Å². The number of likely N-dealkylation sites (tertiary alicyclic amines) is 1. The molecular formula is C10H19NO2. The van der Waals surface area contributed by atoms with E-state index in [1.54, 1.807) is 4.90 Å². The van der Waals surface area contributed by atoms with Crippen molar-refractivity contribution in [2.45, 2.75) is 39.2 Å². The zero-order valence-electron chi connectivity index (χ0n) is 8.71. The molecule has 1 fully saturated rings. The topological polar surface area (TPSA) is 40.5 Å². The summed E-state index contributed by atoms with van der Waals surface area (Å²) >= 11 is 0. The maximum atomic E-state index is 11.4. The SMILES string of the molecule is CCCC1(O)CN(C(=O)C(C)C)C1. The highest BCUT2D eigenvalue weighted by atomic mass is 16.3. The van der Waals surface area contributed by atoms with Crippen molar-refractivity contribution in [3.05, 3.63) is 0 Å². The lowest BCUT2D eigenvalue weighted by Crippen LogP contribution is -2.64. The lowest BCUT2D eigenvalue weighted by molar-refractivity contribution is -0.159. The van der Waals surface area contributed by atoms with E-state index in [1.165, 1.54) is 0 Å². The van der Waals surface area contributed by atoms with Gasteiger partial charge in [-0.15, -0.1) is 0 Å². The van der Waals surface area contributed by atoms with Gasteiger partial charge in [-0.05, 0) is 6.42 Å². The molecule has 13 heavy (non-hydrogen) atoms. The number of hydrogen-bond donors (Lipinski definition) is 1. The van der Waals surface area contributed by atoms with Crippen molar-refractivity contribution in [3.63, 3.8) is 0 Å². The van der Waals surface area contributed by atoms with Crippen LogP contribution in [0.4, 0.5) is 0 Å². The van der Waals surface area contributed by atoms with Crippen LogP contribution >= 0.6 is 0 Å². The van der Waals surface area contributed by atoms with Gasteiger partial charge in [0, 0.05) is 5.92 Å². The van der Waals surface area contributed by atoms with Crippen molar-refractivity contribution < 1.29 is 9.90 Å². The average molecular weight is 185 g/mol. The minimum absolute atomic E-state index is 0.0474. The van der Waals surface area contributed by atoms with Crippen LogP contribution in [-0.2, 0) is 4.79 Å². The number of carbonyl (C=O) groups is 1. The van der Waals surface area contributed by atoms with Crippen LogP contribution in [0.5, 0.6) is 0 Å². The van der Waals surface area contributed by atoms with Crippen LogP contribution < -0.4 is 0 Å². The van der Waals surface area contributed by atoms with Crippen molar-refractivity contribution >= 4 is 5.91 Å². The third-order valence-electron chi connectivity index (χ3n) is 2.49. The average Bonchev–Trinajstić information content (AvgIpc) is 1.99. The summed E-state index contributed by atoms with van der Waals surface area (Å²) in [5, 5.41) is 9.82. The van der Waals surface area contributed by atoms with Crippen LogP contribution in [0.3, 0.4) is 0 Å². The lowest BCUT2D eigenvalue weighted by atomic mass is 9.88. The first-order valence-electron chi connectivity index (χ1n) is 4.99.